The number of ether oxygens (including phenoxy) is 1. The largest absolute Gasteiger partial charge is 0.366 e. The molecule has 0 aromatic rings. The second kappa shape index (κ2) is 1.39. The Kier molecular flexibility index (Phi) is 0.820. The molecule has 1 saturated heterocycles. The molecule has 0 bridgehead atoms. The summed E-state index contributed by atoms with van der Waals surface area (Å²) in [6, 6.07) is 0. The van der Waals surface area contributed by atoms with Gasteiger partial charge in [0.25, 0.3) is 0 Å². The van der Waals surface area contributed by atoms with Crippen LogP contribution in [0.25, 0.3) is 0 Å². The Labute approximate surface area is 68.1 Å². The van der Waals surface area contributed by atoms with E-state index in [9.17, 15) is 0 Å². The van der Waals surface area contributed by atoms with Crippen molar-refractivity contribution in [2.75, 3.05) is 0 Å². The highest BCUT2D eigenvalue weighted by Gasteiger charge is 2.74. The minimum atomic E-state index is 0.314. The van der Waals surface area contributed by atoms with Crippen molar-refractivity contribution < 1.29 is 4.74 Å². The van der Waals surface area contributed by atoms with Crippen LogP contribution >= 0.6 is 0 Å². The van der Waals surface area contributed by atoms with Crippen LogP contribution in [-0.4, -0.2) is 11.7 Å². The van der Waals surface area contributed by atoms with Crippen LogP contribution in [0.2, 0.25) is 0 Å². The molecule has 1 nitrogen and oxygen atoms in total. The molecule has 0 N–H and O–H groups in total. The fourth-order valence-electron chi connectivity index (χ4n) is 3.29. The zero-order valence-corrected chi connectivity index (χ0v) is 7.55. The van der Waals surface area contributed by atoms with Gasteiger partial charge in [-0.15, -0.1) is 0 Å². The van der Waals surface area contributed by atoms with Gasteiger partial charge in [-0.05, 0) is 37.0 Å². The highest BCUT2D eigenvalue weighted by Crippen LogP contribution is 2.72. The molecular formula is C10H16O. The summed E-state index contributed by atoms with van der Waals surface area (Å²) >= 11 is 0. The molecule has 0 spiro atoms. The highest BCUT2D eigenvalue weighted by atomic mass is 16.6. The van der Waals surface area contributed by atoms with Gasteiger partial charge in [0.15, 0.2) is 0 Å². The molecule has 3 rings (SSSR count). The number of hydrogen-bond acceptors (Lipinski definition) is 1. The monoisotopic (exact) mass is 152 g/mol. The molecule has 0 unspecified atom stereocenters. The molecule has 1 aliphatic heterocycles. The quantitative estimate of drug-likeness (QED) is 0.485. The van der Waals surface area contributed by atoms with Gasteiger partial charge in [0.1, 0.15) is 0 Å². The second-order valence-corrected chi connectivity index (χ2v) is 5.34. The summed E-state index contributed by atoms with van der Waals surface area (Å²) in [7, 11) is 0. The van der Waals surface area contributed by atoms with Crippen LogP contribution in [0.15, 0.2) is 0 Å². The van der Waals surface area contributed by atoms with E-state index in [4.69, 9.17) is 4.74 Å². The SMILES string of the molecule is CC1(C)[C@@H]2[C@H]3O[C@@]3(C)CC[C@@H]21. The van der Waals surface area contributed by atoms with Gasteiger partial charge >= 0.3 is 0 Å². The lowest BCUT2D eigenvalue weighted by molar-refractivity contribution is 0.286. The lowest BCUT2D eigenvalue weighted by atomic mass is 9.91. The van der Waals surface area contributed by atoms with Crippen molar-refractivity contribution >= 4 is 0 Å². The fraction of sp³-hybridized carbons (Fsp3) is 1.00. The van der Waals surface area contributed by atoms with E-state index in [0.29, 0.717) is 17.1 Å². The van der Waals surface area contributed by atoms with Crippen LogP contribution in [0.4, 0.5) is 0 Å². The van der Waals surface area contributed by atoms with Gasteiger partial charge in [-0.1, -0.05) is 13.8 Å². The van der Waals surface area contributed by atoms with Crippen LogP contribution in [0.1, 0.15) is 33.6 Å². The predicted molar refractivity (Wildman–Crippen MR) is 43.3 cm³/mol. The Bertz CT molecular complexity index is 221. The first-order chi connectivity index (χ1) is 5.06. The molecule has 11 heavy (non-hydrogen) atoms. The van der Waals surface area contributed by atoms with E-state index in [-0.39, 0.29) is 0 Å². The molecule has 0 amide bonds. The van der Waals surface area contributed by atoms with Crippen molar-refractivity contribution in [1.29, 1.82) is 0 Å². The third kappa shape index (κ3) is 0.581. The molecule has 2 saturated carbocycles. The molecule has 0 aromatic heterocycles. The van der Waals surface area contributed by atoms with Crippen LogP contribution in [0.3, 0.4) is 0 Å². The molecule has 1 heteroatoms. The standard InChI is InChI=1S/C10H16O/c1-9(2)6-4-5-10(3)8(11-10)7(6)9/h6-8H,4-5H2,1-3H3/t6-,7-,8+,10-/m0/s1. The summed E-state index contributed by atoms with van der Waals surface area (Å²) in [6.07, 6.45) is 3.35. The third-order valence-corrected chi connectivity index (χ3v) is 4.36. The molecular weight excluding hydrogens is 136 g/mol. The molecule has 3 fully saturated rings. The molecule has 0 radical (unpaired) electrons. The molecule has 2 aliphatic carbocycles. The molecule has 4 atom stereocenters. The normalized spacial score (nSPS) is 63.0. The zero-order chi connectivity index (χ0) is 7.85. The van der Waals surface area contributed by atoms with E-state index in [1.165, 1.54) is 12.8 Å². The number of hydrogen-bond donors (Lipinski definition) is 0. The van der Waals surface area contributed by atoms with E-state index in [1.54, 1.807) is 0 Å². The first-order valence-corrected chi connectivity index (χ1v) is 4.73. The van der Waals surface area contributed by atoms with Gasteiger partial charge < -0.3 is 4.74 Å². The average molecular weight is 152 g/mol. The average Bonchev–Trinajstić information content (AvgIpc) is 2.69. The van der Waals surface area contributed by atoms with Crippen molar-refractivity contribution in [2.45, 2.75) is 45.3 Å². The highest BCUT2D eigenvalue weighted by molar-refractivity contribution is 5.21. The third-order valence-electron chi connectivity index (χ3n) is 4.36. The smallest absolute Gasteiger partial charge is 0.0923 e. The summed E-state index contributed by atoms with van der Waals surface area (Å²) in [5.74, 6) is 1.89. The van der Waals surface area contributed by atoms with Crippen molar-refractivity contribution in [3.63, 3.8) is 0 Å². The summed E-state index contributed by atoms with van der Waals surface area (Å²) in [4.78, 5) is 0. The second-order valence-electron chi connectivity index (χ2n) is 5.34. The first-order valence-electron chi connectivity index (χ1n) is 4.73. The zero-order valence-electron chi connectivity index (χ0n) is 7.55. The van der Waals surface area contributed by atoms with Gasteiger partial charge in [0.2, 0.25) is 0 Å². The Morgan fingerprint density at radius 3 is 2.64 bits per heavy atom. The van der Waals surface area contributed by atoms with Crippen molar-refractivity contribution in [1.82, 2.24) is 0 Å². The van der Waals surface area contributed by atoms with E-state index < -0.39 is 0 Å². The molecule has 3 aliphatic rings. The van der Waals surface area contributed by atoms with Gasteiger partial charge in [-0.2, -0.15) is 0 Å². The van der Waals surface area contributed by atoms with Crippen molar-refractivity contribution in [3.8, 4) is 0 Å². The van der Waals surface area contributed by atoms with Crippen molar-refractivity contribution in [3.05, 3.63) is 0 Å². The van der Waals surface area contributed by atoms with E-state index in [2.05, 4.69) is 20.8 Å². The minimum absolute atomic E-state index is 0.314. The maximum Gasteiger partial charge on any atom is 0.0923 e. The lowest BCUT2D eigenvalue weighted by Gasteiger charge is -2.09. The van der Waals surface area contributed by atoms with Crippen LogP contribution < -0.4 is 0 Å². The molecule has 1 heterocycles. The Hall–Kier alpha value is -0.0400. The topological polar surface area (TPSA) is 12.5 Å². The molecule has 62 valence electrons. The maximum atomic E-state index is 5.75. The van der Waals surface area contributed by atoms with Gasteiger partial charge in [-0.25, -0.2) is 0 Å². The van der Waals surface area contributed by atoms with E-state index in [0.717, 1.165) is 11.8 Å². The lowest BCUT2D eigenvalue weighted by Crippen LogP contribution is -2.16. The number of fused-ring (bicyclic) bond motifs is 3. The molecule has 0 aromatic carbocycles. The summed E-state index contributed by atoms with van der Waals surface area (Å²) in [5, 5.41) is 0. The van der Waals surface area contributed by atoms with Gasteiger partial charge in [0, 0.05) is 0 Å². The summed E-state index contributed by atoms with van der Waals surface area (Å²) in [6.45, 7) is 7.08. The summed E-state index contributed by atoms with van der Waals surface area (Å²) < 4.78 is 5.75. The van der Waals surface area contributed by atoms with Crippen LogP contribution in [0, 0.1) is 17.3 Å². The van der Waals surface area contributed by atoms with E-state index >= 15 is 0 Å². The number of rotatable bonds is 0. The summed E-state index contributed by atoms with van der Waals surface area (Å²) in [5.41, 5.74) is 0.924. The fourth-order valence-corrected chi connectivity index (χ4v) is 3.29. The van der Waals surface area contributed by atoms with Crippen LogP contribution in [-0.2, 0) is 4.74 Å². The van der Waals surface area contributed by atoms with E-state index in [1.807, 2.05) is 0 Å². The predicted octanol–water partition coefficient (Wildman–Crippen LogP) is 2.21. The maximum absolute atomic E-state index is 5.75. The Balaban J connectivity index is 1.90. The van der Waals surface area contributed by atoms with Crippen molar-refractivity contribution in [2.24, 2.45) is 17.3 Å². The van der Waals surface area contributed by atoms with Gasteiger partial charge in [-0.3, -0.25) is 0 Å². The Morgan fingerprint density at radius 1 is 1.27 bits per heavy atom. The van der Waals surface area contributed by atoms with Gasteiger partial charge in [0.05, 0.1) is 11.7 Å². The van der Waals surface area contributed by atoms with Crippen LogP contribution in [0.5, 0.6) is 0 Å². The Morgan fingerprint density at radius 2 is 2.00 bits per heavy atom. The number of epoxide rings is 1. The minimum Gasteiger partial charge on any atom is -0.366 e. The first kappa shape index (κ1) is 6.47.